The van der Waals surface area contributed by atoms with Crippen LogP contribution in [0.2, 0.25) is 0 Å². The molecule has 7 nitrogen and oxygen atoms in total. The van der Waals surface area contributed by atoms with Gasteiger partial charge in [0, 0.05) is 12.1 Å². The summed E-state index contributed by atoms with van der Waals surface area (Å²) in [6.07, 6.45) is 3.03. The molecule has 0 bridgehead atoms. The molecule has 1 fully saturated rings. The van der Waals surface area contributed by atoms with Gasteiger partial charge in [0.15, 0.2) is 6.61 Å². The second kappa shape index (κ2) is 9.32. The highest BCUT2D eigenvalue weighted by Gasteiger charge is 2.29. The van der Waals surface area contributed by atoms with E-state index in [1.165, 1.54) is 12.1 Å². The molecule has 0 aliphatic carbocycles. The molecule has 0 saturated carbocycles. The lowest BCUT2D eigenvalue weighted by Gasteiger charge is -2.38. The Morgan fingerprint density at radius 2 is 1.69 bits per heavy atom. The third-order valence-corrected chi connectivity index (χ3v) is 5.06. The van der Waals surface area contributed by atoms with E-state index in [0.29, 0.717) is 11.4 Å². The van der Waals surface area contributed by atoms with Crippen molar-refractivity contribution in [2.75, 3.05) is 6.61 Å². The SMILES string of the molecule is C[C@H]1CCC[C@H](C)N1C(=O)COC(=O)c1ccccc1N=Nc1ccc(O)cc1. The summed E-state index contributed by atoms with van der Waals surface area (Å²) in [5, 5.41) is 17.5. The van der Waals surface area contributed by atoms with Crippen LogP contribution in [0.4, 0.5) is 11.4 Å². The molecule has 0 unspecified atom stereocenters. The van der Waals surface area contributed by atoms with E-state index in [2.05, 4.69) is 10.2 Å². The van der Waals surface area contributed by atoms with Gasteiger partial charge in [-0.15, -0.1) is 5.11 Å². The van der Waals surface area contributed by atoms with Crippen molar-refractivity contribution in [2.24, 2.45) is 10.2 Å². The number of phenols is 1. The zero-order valence-electron chi connectivity index (χ0n) is 16.6. The Kier molecular flexibility index (Phi) is 6.59. The number of aromatic hydroxyl groups is 1. The first-order chi connectivity index (χ1) is 14.0. The summed E-state index contributed by atoms with van der Waals surface area (Å²) in [6.45, 7) is 3.75. The molecule has 1 aliphatic heterocycles. The number of carbonyl (C=O) groups is 2. The van der Waals surface area contributed by atoms with Crippen LogP contribution in [0.25, 0.3) is 0 Å². The Labute approximate surface area is 170 Å². The molecular weight excluding hydrogens is 370 g/mol. The number of hydrogen-bond donors (Lipinski definition) is 1. The fraction of sp³-hybridized carbons (Fsp3) is 0.364. The first kappa shape index (κ1) is 20.5. The van der Waals surface area contributed by atoms with Gasteiger partial charge in [0.25, 0.3) is 5.91 Å². The third-order valence-electron chi connectivity index (χ3n) is 5.06. The van der Waals surface area contributed by atoms with Crippen molar-refractivity contribution < 1.29 is 19.4 Å². The number of carbonyl (C=O) groups excluding carboxylic acids is 2. The molecular formula is C22H25N3O4. The van der Waals surface area contributed by atoms with E-state index in [0.717, 1.165) is 19.3 Å². The number of esters is 1. The largest absolute Gasteiger partial charge is 0.508 e. The maximum atomic E-state index is 12.6. The summed E-state index contributed by atoms with van der Waals surface area (Å²) in [7, 11) is 0. The first-order valence-electron chi connectivity index (χ1n) is 9.74. The summed E-state index contributed by atoms with van der Waals surface area (Å²) in [6, 6.07) is 13.2. The predicted molar refractivity (Wildman–Crippen MR) is 109 cm³/mol. The molecule has 0 aromatic heterocycles. The Hall–Kier alpha value is -3.22. The Balaban J connectivity index is 1.66. The lowest BCUT2D eigenvalue weighted by Crippen LogP contribution is -2.49. The van der Waals surface area contributed by atoms with E-state index in [1.54, 1.807) is 36.4 Å². The number of amides is 1. The summed E-state index contributed by atoms with van der Waals surface area (Å²) >= 11 is 0. The molecule has 7 heteroatoms. The second-order valence-corrected chi connectivity index (χ2v) is 7.24. The molecule has 29 heavy (non-hydrogen) atoms. The van der Waals surface area contributed by atoms with Crippen molar-refractivity contribution in [3.8, 4) is 5.75 Å². The number of benzene rings is 2. The topological polar surface area (TPSA) is 91.6 Å². The maximum absolute atomic E-state index is 12.6. The van der Waals surface area contributed by atoms with Crippen molar-refractivity contribution in [2.45, 2.75) is 45.2 Å². The highest BCUT2D eigenvalue weighted by atomic mass is 16.5. The van der Waals surface area contributed by atoms with Crippen LogP contribution < -0.4 is 0 Å². The Morgan fingerprint density at radius 1 is 1.03 bits per heavy atom. The van der Waals surface area contributed by atoms with Gasteiger partial charge in [0.1, 0.15) is 11.4 Å². The van der Waals surface area contributed by atoms with Gasteiger partial charge in [0.05, 0.1) is 11.3 Å². The van der Waals surface area contributed by atoms with Crippen LogP contribution in [-0.2, 0) is 9.53 Å². The minimum Gasteiger partial charge on any atom is -0.508 e. The normalized spacial score (nSPS) is 19.3. The lowest BCUT2D eigenvalue weighted by molar-refractivity contribution is -0.140. The van der Waals surface area contributed by atoms with Crippen LogP contribution in [0, 0.1) is 0 Å². The standard InChI is InChI=1S/C22H25N3O4/c1-15-6-5-7-16(2)25(15)21(27)14-29-22(28)19-8-3-4-9-20(19)24-23-17-10-12-18(26)13-11-17/h3-4,8-13,15-16,26H,5-7,14H2,1-2H3/t15-,16-/m0/s1. The molecule has 3 rings (SSSR count). The molecule has 1 aliphatic rings. The van der Waals surface area contributed by atoms with Gasteiger partial charge in [-0.05, 0) is 69.5 Å². The van der Waals surface area contributed by atoms with E-state index in [9.17, 15) is 14.7 Å². The van der Waals surface area contributed by atoms with Crippen LogP contribution >= 0.6 is 0 Å². The van der Waals surface area contributed by atoms with E-state index >= 15 is 0 Å². The average Bonchev–Trinajstić information content (AvgIpc) is 2.71. The second-order valence-electron chi connectivity index (χ2n) is 7.24. The highest BCUT2D eigenvalue weighted by Crippen LogP contribution is 2.25. The lowest BCUT2D eigenvalue weighted by atomic mass is 9.97. The number of rotatable bonds is 5. The average molecular weight is 395 g/mol. The van der Waals surface area contributed by atoms with Gasteiger partial charge in [0.2, 0.25) is 0 Å². The molecule has 2 aromatic rings. The number of nitrogens with zero attached hydrogens (tertiary/aromatic N) is 3. The van der Waals surface area contributed by atoms with Crippen molar-refractivity contribution in [1.82, 2.24) is 4.90 Å². The van der Waals surface area contributed by atoms with Crippen LogP contribution in [0.15, 0.2) is 58.8 Å². The van der Waals surface area contributed by atoms with Crippen LogP contribution in [-0.4, -0.2) is 40.6 Å². The van der Waals surface area contributed by atoms with E-state index in [-0.39, 0.29) is 35.9 Å². The fourth-order valence-corrected chi connectivity index (χ4v) is 3.56. The minimum atomic E-state index is -0.615. The number of likely N-dealkylation sites (tertiary alicyclic amines) is 1. The summed E-state index contributed by atoms with van der Waals surface area (Å²) < 4.78 is 5.28. The molecule has 0 radical (unpaired) electrons. The highest BCUT2D eigenvalue weighted by molar-refractivity contribution is 5.96. The molecule has 1 amide bonds. The van der Waals surface area contributed by atoms with Crippen molar-refractivity contribution in [3.05, 3.63) is 54.1 Å². The molecule has 1 saturated heterocycles. The van der Waals surface area contributed by atoms with Crippen molar-refractivity contribution >= 4 is 23.3 Å². The van der Waals surface area contributed by atoms with Crippen LogP contribution in [0.1, 0.15) is 43.5 Å². The number of piperidine rings is 1. The predicted octanol–water partition coefficient (Wildman–Crippen LogP) is 4.75. The molecule has 1 N–H and O–H groups in total. The Bertz CT molecular complexity index is 885. The number of phenolic OH excluding ortho intramolecular Hbond substituents is 1. The van der Waals surface area contributed by atoms with E-state index < -0.39 is 5.97 Å². The van der Waals surface area contributed by atoms with Gasteiger partial charge in [-0.2, -0.15) is 5.11 Å². The molecule has 0 spiro atoms. The number of hydrogen-bond acceptors (Lipinski definition) is 6. The van der Waals surface area contributed by atoms with E-state index in [1.807, 2.05) is 18.7 Å². The van der Waals surface area contributed by atoms with Crippen molar-refractivity contribution in [1.29, 1.82) is 0 Å². The zero-order valence-corrected chi connectivity index (χ0v) is 16.6. The maximum Gasteiger partial charge on any atom is 0.340 e. The minimum absolute atomic E-state index is 0.134. The molecule has 2 aromatic carbocycles. The molecule has 2 atom stereocenters. The van der Waals surface area contributed by atoms with E-state index in [4.69, 9.17) is 4.74 Å². The monoisotopic (exact) mass is 395 g/mol. The number of ether oxygens (including phenoxy) is 1. The zero-order chi connectivity index (χ0) is 20.8. The molecule has 1 heterocycles. The van der Waals surface area contributed by atoms with Gasteiger partial charge in [-0.3, -0.25) is 4.79 Å². The quantitative estimate of drug-likeness (QED) is 0.584. The first-order valence-corrected chi connectivity index (χ1v) is 9.74. The fourth-order valence-electron chi connectivity index (χ4n) is 3.56. The smallest absolute Gasteiger partial charge is 0.340 e. The van der Waals surface area contributed by atoms with Gasteiger partial charge in [-0.25, -0.2) is 4.79 Å². The van der Waals surface area contributed by atoms with Crippen molar-refractivity contribution in [3.63, 3.8) is 0 Å². The summed E-state index contributed by atoms with van der Waals surface area (Å²) in [5.74, 6) is -0.660. The van der Waals surface area contributed by atoms with Crippen LogP contribution in [0.3, 0.4) is 0 Å². The molecule has 152 valence electrons. The van der Waals surface area contributed by atoms with Crippen LogP contribution in [0.5, 0.6) is 5.75 Å². The number of azo groups is 1. The summed E-state index contributed by atoms with van der Waals surface area (Å²) in [5.41, 5.74) is 1.12. The Morgan fingerprint density at radius 3 is 2.38 bits per heavy atom. The summed E-state index contributed by atoms with van der Waals surface area (Å²) in [4.78, 5) is 26.9. The van der Waals surface area contributed by atoms with Gasteiger partial charge >= 0.3 is 5.97 Å². The van der Waals surface area contributed by atoms with Gasteiger partial charge < -0.3 is 14.7 Å². The van der Waals surface area contributed by atoms with Gasteiger partial charge in [-0.1, -0.05) is 12.1 Å². The third kappa shape index (κ3) is 5.19.